The summed E-state index contributed by atoms with van der Waals surface area (Å²) >= 11 is 7.36. The van der Waals surface area contributed by atoms with Gasteiger partial charge in [0, 0.05) is 55.1 Å². The van der Waals surface area contributed by atoms with E-state index in [1.807, 2.05) is 45.3 Å². The average molecular weight is 1230 g/mol. The van der Waals surface area contributed by atoms with Crippen LogP contribution in [-0.4, -0.2) is 0 Å². The van der Waals surface area contributed by atoms with E-state index in [4.69, 9.17) is 0 Å². The van der Waals surface area contributed by atoms with Gasteiger partial charge in [-0.1, -0.05) is 184 Å². The number of anilines is 12. The molecule has 12 aromatic rings. The Morgan fingerprint density at radius 2 is 0.455 bits per heavy atom. The van der Waals surface area contributed by atoms with E-state index in [1.54, 1.807) is 0 Å². The van der Waals surface area contributed by atoms with Crippen LogP contribution < -0.4 is 19.6 Å². The van der Waals surface area contributed by atoms with Gasteiger partial charge in [-0.15, -0.1) is 45.3 Å². The van der Waals surface area contributed by atoms with E-state index in [0.29, 0.717) is 0 Å². The topological polar surface area (TPSA) is 13.0 Å². The van der Waals surface area contributed by atoms with Crippen molar-refractivity contribution in [2.75, 3.05) is 19.6 Å². The molecule has 4 aromatic heterocycles. The number of hydrogen-bond donors (Lipinski definition) is 0. The van der Waals surface area contributed by atoms with Gasteiger partial charge in [-0.25, -0.2) is 0 Å². The molecular weight excluding hydrogens is 1150 g/mol. The summed E-state index contributed by atoms with van der Waals surface area (Å²) in [7, 11) is 0. The minimum Gasteiger partial charge on any atom is -0.301 e. The van der Waals surface area contributed by atoms with Crippen molar-refractivity contribution in [3.63, 3.8) is 0 Å². The molecule has 0 aliphatic heterocycles. The van der Waals surface area contributed by atoms with Gasteiger partial charge in [0.15, 0.2) is 0 Å². The van der Waals surface area contributed by atoms with E-state index >= 15 is 0 Å². The van der Waals surface area contributed by atoms with Gasteiger partial charge in [0.2, 0.25) is 0 Å². The summed E-state index contributed by atoms with van der Waals surface area (Å²) in [5.74, 6) is 0. The summed E-state index contributed by atoms with van der Waals surface area (Å²) in [6.07, 6.45) is 3.64. The van der Waals surface area contributed by atoms with E-state index in [0.717, 1.165) is 71.2 Å². The van der Waals surface area contributed by atoms with E-state index in [9.17, 15) is 0 Å². The van der Waals surface area contributed by atoms with Crippen molar-refractivity contribution in [2.45, 2.75) is 158 Å². The fraction of sp³-hybridized carbons (Fsp3) is 0.300. The SMILES string of the molecule is CCc1ccsc1N(c1ccc(C(C)(C)C)cc1)c1cc(N(c2ccc(C(C)(C)C)cc2)c2sccc2CC)c2ccc3c(N(c4ccc(C(C)(C)C)cc4)c4sccc4CC)cc(N(c4ccc(C(C)(C)C)cc4)c4sccc4CC)c4ccc1c2c43. The van der Waals surface area contributed by atoms with Crippen LogP contribution in [0.1, 0.15) is 155 Å². The molecule has 0 aliphatic rings. The first kappa shape index (κ1) is 61.1. The molecule has 8 heteroatoms. The van der Waals surface area contributed by atoms with Crippen molar-refractivity contribution in [3.8, 4) is 0 Å². The predicted molar refractivity (Wildman–Crippen MR) is 393 cm³/mol. The minimum atomic E-state index is -0.00970. The first-order valence-corrected chi connectivity index (χ1v) is 35.2. The van der Waals surface area contributed by atoms with Gasteiger partial charge in [0.1, 0.15) is 20.0 Å². The lowest BCUT2D eigenvalue weighted by Crippen LogP contribution is -2.17. The Morgan fingerprint density at radius 1 is 0.261 bits per heavy atom. The molecule has 0 spiro atoms. The van der Waals surface area contributed by atoms with Crippen molar-refractivity contribution in [3.05, 3.63) is 224 Å². The maximum Gasteiger partial charge on any atom is 0.103 e. The van der Waals surface area contributed by atoms with Crippen molar-refractivity contribution in [1.29, 1.82) is 0 Å². The highest BCUT2D eigenvalue weighted by atomic mass is 32.1. The van der Waals surface area contributed by atoms with Gasteiger partial charge in [0.05, 0.1) is 22.7 Å². The molecule has 0 radical (unpaired) electrons. The van der Waals surface area contributed by atoms with Gasteiger partial charge in [-0.2, -0.15) is 0 Å². The number of nitrogens with zero attached hydrogens (tertiary/aromatic N) is 4. The lowest BCUT2D eigenvalue weighted by atomic mass is 9.86. The molecule has 0 amide bonds. The molecule has 0 aliphatic carbocycles. The van der Waals surface area contributed by atoms with Crippen LogP contribution in [-0.2, 0) is 47.3 Å². The van der Waals surface area contributed by atoms with Gasteiger partial charge in [-0.3, -0.25) is 0 Å². The second-order valence-electron chi connectivity index (χ2n) is 27.8. The number of benzene rings is 8. The predicted octanol–water partition coefficient (Wildman–Crippen LogP) is 26.1. The maximum atomic E-state index is 2.60. The van der Waals surface area contributed by atoms with Gasteiger partial charge < -0.3 is 19.6 Å². The fourth-order valence-corrected chi connectivity index (χ4v) is 16.9. The normalized spacial score (nSPS) is 12.5. The Labute approximate surface area is 540 Å². The highest BCUT2D eigenvalue weighted by molar-refractivity contribution is 7.15. The third-order valence-electron chi connectivity index (χ3n) is 18.0. The van der Waals surface area contributed by atoms with E-state index in [2.05, 4.69) is 310 Å². The van der Waals surface area contributed by atoms with E-state index < -0.39 is 0 Å². The second-order valence-corrected chi connectivity index (χ2v) is 31.4. The molecule has 0 saturated heterocycles. The van der Waals surface area contributed by atoms with Gasteiger partial charge >= 0.3 is 0 Å². The van der Waals surface area contributed by atoms with Crippen molar-refractivity contribution in [1.82, 2.24) is 0 Å². The summed E-state index contributed by atoms with van der Waals surface area (Å²) in [5, 5.41) is 21.4. The standard InChI is InChI=1S/C80H86N4S4/c1-17-51-41-45-85-73(51)81(59-29-21-55(22-30-59)77(5,6)7)67-49-68(82(74-52(18-2)42-46-86-74)60-31-23-56(24-32-60)78(8,9)10)64-39-40-66-70(84(76-54(20-4)44-48-88-76)62-35-27-58(28-36-62)80(14,15)16)50-69(65-38-37-63(67)71(64)72(65)66)83(75-53(19-3)43-47-87-75)61-33-25-57(26-34-61)79(11,12)13/h21-50H,17-20H2,1-16H3. The zero-order chi connectivity index (χ0) is 62.2. The molecule has 0 unspecified atom stereocenters. The first-order valence-electron chi connectivity index (χ1n) is 31.7. The van der Waals surface area contributed by atoms with Crippen LogP contribution in [0.25, 0.3) is 32.3 Å². The van der Waals surface area contributed by atoms with Crippen LogP contribution in [0.2, 0.25) is 0 Å². The Bertz CT molecular complexity index is 3850. The number of rotatable bonds is 16. The molecule has 4 nitrogen and oxygen atoms in total. The lowest BCUT2D eigenvalue weighted by Gasteiger charge is -2.34. The van der Waals surface area contributed by atoms with E-state index in [-0.39, 0.29) is 21.7 Å². The van der Waals surface area contributed by atoms with Crippen LogP contribution in [0.3, 0.4) is 0 Å². The Balaban J connectivity index is 1.29. The molecule has 0 fully saturated rings. The largest absolute Gasteiger partial charge is 0.301 e. The maximum absolute atomic E-state index is 2.60. The van der Waals surface area contributed by atoms with Crippen LogP contribution in [0.15, 0.2) is 179 Å². The second kappa shape index (κ2) is 23.6. The molecule has 8 aromatic carbocycles. The van der Waals surface area contributed by atoms with Crippen molar-refractivity contribution in [2.24, 2.45) is 0 Å². The van der Waals surface area contributed by atoms with Crippen LogP contribution >= 0.6 is 45.3 Å². The molecule has 0 atom stereocenters. The molecule has 12 rings (SSSR count). The Kier molecular flexibility index (Phi) is 16.4. The van der Waals surface area contributed by atoms with Crippen molar-refractivity contribution < 1.29 is 0 Å². The summed E-state index contributed by atoms with van der Waals surface area (Å²) in [4.78, 5) is 10.4. The molecule has 88 heavy (non-hydrogen) atoms. The van der Waals surface area contributed by atoms with E-state index in [1.165, 1.54) is 96.8 Å². The first-order chi connectivity index (χ1) is 42.0. The summed E-state index contributed by atoms with van der Waals surface area (Å²) < 4.78 is 0. The molecule has 4 heterocycles. The number of thiophene rings is 4. The molecule has 0 bridgehead atoms. The average Bonchev–Trinajstić information content (AvgIpc) is 0.900. The van der Waals surface area contributed by atoms with Gasteiger partial charge in [-0.05, 0) is 198 Å². The third kappa shape index (κ3) is 11.2. The number of hydrogen-bond acceptors (Lipinski definition) is 8. The summed E-state index contributed by atoms with van der Waals surface area (Å²) in [6.45, 7) is 37.0. The van der Waals surface area contributed by atoms with Crippen molar-refractivity contribution >= 4 is 143 Å². The van der Waals surface area contributed by atoms with Crippen LogP contribution in [0.5, 0.6) is 0 Å². The van der Waals surface area contributed by atoms with Crippen LogP contribution in [0.4, 0.5) is 65.5 Å². The molecular formula is C80H86N4S4. The quantitative estimate of drug-likeness (QED) is 0.0894. The zero-order valence-electron chi connectivity index (χ0n) is 54.6. The third-order valence-corrected chi connectivity index (χ3v) is 21.7. The molecule has 0 saturated carbocycles. The molecule has 0 N–H and O–H groups in total. The minimum absolute atomic E-state index is 0.00970. The molecule has 450 valence electrons. The Hall–Kier alpha value is -7.20. The lowest BCUT2D eigenvalue weighted by molar-refractivity contribution is 0.590. The Morgan fingerprint density at radius 3 is 0.625 bits per heavy atom. The highest BCUT2D eigenvalue weighted by Crippen LogP contribution is 2.57. The highest BCUT2D eigenvalue weighted by Gasteiger charge is 2.33. The number of aryl methyl sites for hydroxylation is 4. The zero-order valence-corrected chi connectivity index (χ0v) is 57.8. The van der Waals surface area contributed by atoms with Gasteiger partial charge in [0.25, 0.3) is 0 Å². The fourth-order valence-electron chi connectivity index (χ4n) is 12.7. The van der Waals surface area contributed by atoms with Crippen LogP contribution in [0, 0.1) is 0 Å². The summed E-state index contributed by atoms with van der Waals surface area (Å²) in [5.41, 5.74) is 19.7. The monoisotopic (exact) mass is 1230 g/mol. The smallest absolute Gasteiger partial charge is 0.103 e. The summed E-state index contributed by atoms with van der Waals surface area (Å²) in [6, 6.07) is 62.1.